The van der Waals surface area contributed by atoms with Crippen LogP contribution in [0.2, 0.25) is 0 Å². The van der Waals surface area contributed by atoms with E-state index in [2.05, 4.69) is 25.7 Å². The van der Waals surface area contributed by atoms with Gasteiger partial charge in [0, 0.05) is 18.7 Å². The molecule has 3 rings (SSSR count). The molecule has 10 heteroatoms. The molecule has 0 aliphatic heterocycles. The van der Waals surface area contributed by atoms with Gasteiger partial charge in [0.25, 0.3) is 5.91 Å². The van der Waals surface area contributed by atoms with Gasteiger partial charge in [-0.05, 0) is 24.6 Å². The van der Waals surface area contributed by atoms with E-state index in [0.29, 0.717) is 18.0 Å². The van der Waals surface area contributed by atoms with E-state index in [-0.39, 0.29) is 12.1 Å². The number of fused-ring (bicyclic) bond motifs is 1. The summed E-state index contributed by atoms with van der Waals surface area (Å²) < 4.78 is 39.9. The molecule has 0 fully saturated rings. The monoisotopic (exact) mass is 392 g/mol. The Kier molecular flexibility index (Phi) is 5.76. The number of anilines is 1. The van der Waals surface area contributed by atoms with E-state index >= 15 is 0 Å². The zero-order valence-corrected chi connectivity index (χ0v) is 15.1. The second kappa shape index (κ2) is 8.24. The van der Waals surface area contributed by atoms with E-state index < -0.39 is 17.6 Å². The van der Waals surface area contributed by atoms with Crippen molar-refractivity contribution in [1.82, 2.24) is 25.1 Å². The first-order valence-electron chi connectivity index (χ1n) is 8.76. The van der Waals surface area contributed by atoms with Crippen LogP contribution in [0.5, 0.6) is 0 Å². The number of aromatic nitrogens is 4. The maximum Gasteiger partial charge on any atom is 0.416 e. The zero-order chi connectivity index (χ0) is 20.1. The van der Waals surface area contributed by atoms with Crippen molar-refractivity contribution in [2.24, 2.45) is 0 Å². The van der Waals surface area contributed by atoms with Gasteiger partial charge in [0.2, 0.25) is 0 Å². The molecule has 0 bridgehead atoms. The maximum atomic E-state index is 12.8. The predicted molar refractivity (Wildman–Crippen MR) is 97.9 cm³/mol. The molecular weight excluding hydrogens is 373 g/mol. The summed E-state index contributed by atoms with van der Waals surface area (Å²) in [6, 6.07) is 4.31. The fraction of sp³-hybridized carbons (Fsp3) is 0.333. The van der Waals surface area contributed by atoms with Crippen molar-refractivity contribution in [1.29, 1.82) is 0 Å². The molecule has 1 aromatic carbocycles. The fourth-order valence-corrected chi connectivity index (χ4v) is 2.66. The summed E-state index contributed by atoms with van der Waals surface area (Å²) in [7, 11) is 0. The van der Waals surface area contributed by atoms with E-state index in [0.717, 1.165) is 30.5 Å². The molecule has 0 saturated heterocycles. The second-order valence-electron chi connectivity index (χ2n) is 6.09. The lowest BCUT2D eigenvalue weighted by Crippen LogP contribution is -2.27. The summed E-state index contributed by atoms with van der Waals surface area (Å²) >= 11 is 0. The molecule has 3 aromatic rings. The number of hydrogen-bond donors (Lipinski definition) is 2. The maximum absolute atomic E-state index is 12.8. The number of hydrogen-bond acceptors (Lipinski definition) is 5. The molecule has 0 atom stereocenters. The highest BCUT2D eigenvalue weighted by atomic mass is 19.4. The molecule has 2 heterocycles. The van der Waals surface area contributed by atoms with Crippen LogP contribution in [-0.4, -0.2) is 38.7 Å². The molecule has 0 unspecified atom stereocenters. The Morgan fingerprint density at radius 3 is 2.79 bits per heavy atom. The van der Waals surface area contributed by atoms with E-state index in [1.807, 2.05) is 6.92 Å². The number of carbonyl (C=O) groups is 1. The van der Waals surface area contributed by atoms with Crippen LogP contribution in [0.4, 0.5) is 19.0 Å². The van der Waals surface area contributed by atoms with Crippen LogP contribution in [0.25, 0.3) is 11.0 Å². The van der Waals surface area contributed by atoms with Gasteiger partial charge in [-0.2, -0.15) is 18.3 Å². The Balaban J connectivity index is 1.65. The van der Waals surface area contributed by atoms with Crippen LogP contribution >= 0.6 is 0 Å². The highest BCUT2D eigenvalue weighted by Crippen LogP contribution is 2.29. The molecule has 1 amide bonds. The fourth-order valence-electron chi connectivity index (χ4n) is 2.66. The minimum atomic E-state index is -4.49. The first-order chi connectivity index (χ1) is 13.4. The SMILES string of the molecule is CCCNc1ncnc2c1cnn2CCNC(=O)c1cccc(C(F)(F)F)c1. The van der Waals surface area contributed by atoms with Gasteiger partial charge in [0.15, 0.2) is 5.65 Å². The number of nitrogens with zero attached hydrogens (tertiary/aromatic N) is 4. The van der Waals surface area contributed by atoms with Crippen LogP contribution in [0.15, 0.2) is 36.8 Å². The number of rotatable bonds is 7. The van der Waals surface area contributed by atoms with Gasteiger partial charge in [0.1, 0.15) is 12.1 Å². The zero-order valence-electron chi connectivity index (χ0n) is 15.1. The van der Waals surface area contributed by atoms with Crippen molar-refractivity contribution >= 4 is 22.8 Å². The largest absolute Gasteiger partial charge is 0.416 e. The summed E-state index contributed by atoms with van der Waals surface area (Å²) in [5.41, 5.74) is -0.294. The Labute approximate surface area is 159 Å². The highest BCUT2D eigenvalue weighted by molar-refractivity contribution is 5.94. The van der Waals surface area contributed by atoms with Crippen LogP contribution in [0.3, 0.4) is 0 Å². The Morgan fingerprint density at radius 1 is 1.21 bits per heavy atom. The number of nitrogens with one attached hydrogen (secondary N) is 2. The van der Waals surface area contributed by atoms with Crippen molar-refractivity contribution in [3.63, 3.8) is 0 Å². The third kappa shape index (κ3) is 4.38. The van der Waals surface area contributed by atoms with E-state index in [1.54, 1.807) is 10.9 Å². The van der Waals surface area contributed by atoms with Crippen molar-refractivity contribution in [3.05, 3.63) is 47.9 Å². The van der Waals surface area contributed by atoms with E-state index in [1.165, 1.54) is 18.5 Å². The first kappa shape index (κ1) is 19.6. The van der Waals surface area contributed by atoms with Crippen LogP contribution < -0.4 is 10.6 Å². The average Bonchev–Trinajstić information content (AvgIpc) is 3.09. The number of benzene rings is 1. The molecule has 7 nitrogen and oxygen atoms in total. The first-order valence-corrected chi connectivity index (χ1v) is 8.76. The lowest BCUT2D eigenvalue weighted by atomic mass is 10.1. The Hall–Kier alpha value is -3.17. The molecule has 0 spiro atoms. The summed E-state index contributed by atoms with van der Waals surface area (Å²) in [4.78, 5) is 20.6. The molecule has 0 aliphatic rings. The highest BCUT2D eigenvalue weighted by Gasteiger charge is 2.30. The molecule has 0 saturated carbocycles. The summed E-state index contributed by atoms with van der Waals surface area (Å²) in [5.74, 6) is 0.105. The smallest absolute Gasteiger partial charge is 0.369 e. The van der Waals surface area contributed by atoms with Crippen LogP contribution in [0, 0.1) is 0 Å². The second-order valence-corrected chi connectivity index (χ2v) is 6.09. The third-order valence-corrected chi connectivity index (χ3v) is 4.04. The molecule has 0 aliphatic carbocycles. The van der Waals surface area contributed by atoms with Crippen molar-refractivity contribution < 1.29 is 18.0 Å². The van der Waals surface area contributed by atoms with Gasteiger partial charge in [0.05, 0.1) is 23.7 Å². The van der Waals surface area contributed by atoms with Gasteiger partial charge >= 0.3 is 6.18 Å². The van der Waals surface area contributed by atoms with Gasteiger partial charge in [-0.3, -0.25) is 4.79 Å². The third-order valence-electron chi connectivity index (χ3n) is 4.04. The standard InChI is InChI=1S/C18H19F3N6O/c1-2-6-22-15-14-10-26-27(16(14)25-11-24-15)8-7-23-17(28)12-4-3-5-13(9-12)18(19,20)21/h3-5,9-11H,2,6-8H2,1H3,(H,23,28)(H,22,24,25). The number of amides is 1. The minimum absolute atomic E-state index is 0.0477. The average molecular weight is 392 g/mol. The van der Waals surface area contributed by atoms with Gasteiger partial charge < -0.3 is 10.6 Å². The quantitative estimate of drug-likeness (QED) is 0.646. The Morgan fingerprint density at radius 2 is 2.04 bits per heavy atom. The topological polar surface area (TPSA) is 84.7 Å². The van der Waals surface area contributed by atoms with Crippen molar-refractivity contribution in [3.8, 4) is 0 Å². The molecule has 28 heavy (non-hydrogen) atoms. The van der Waals surface area contributed by atoms with E-state index in [4.69, 9.17) is 0 Å². The molecule has 2 aromatic heterocycles. The Bertz CT molecular complexity index is 969. The van der Waals surface area contributed by atoms with Crippen molar-refractivity contribution in [2.45, 2.75) is 26.1 Å². The van der Waals surface area contributed by atoms with Gasteiger partial charge in [-0.15, -0.1) is 0 Å². The molecule has 2 N–H and O–H groups in total. The van der Waals surface area contributed by atoms with Crippen molar-refractivity contribution in [2.75, 3.05) is 18.4 Å². The number of halogens is 3. The summed E-state index contributed by atoms with van der Waals surface area (Å²) in [6.45, 7) is 3.32. The summed E-state index contributed by atoms with van der Waals surface area (Å²) in [5, 5.41) is 10.8. The van der Waals surface area contributed by atoms with Gasteiger partial charge in [-0.25, -0.2) is 14.6 Å². The number of alkyl halides is 3. The van der Waals surface area contributed by atoms with Crippen LogP contribution in [-0.2, 0) is 12.7 Å². The summed E-state index contributed by atoms with van der Waals surface area (Å²) in [6.07, 6.45) is -0.476. The molecular formula is C18H19F3N6O. The van der Waals surface area contributed by atoms with E-state index in [9.17, 15) is 18.0 Å². The minimum Gasteiger partial charge on any atom is -0.369 e. The lowest BCUT2D eigenvalue weighted by molar-refractivity contribution is -0.137. The lowest BCUT2D eigenvalue weighted by Gasteiger charge is -2.09. The van der Waals surface area contributed by atoms with Gasteiger partial charge in [-0.1, -0.05) is 13.0 Å². The normalized spacial score (nSPS) is 11.6. The molecule has 148 valence electrons. The number of carbonyl (C=O) groups excluding carboxylic acids is 1. The predicted octanol–water partition coefficient (Wildman–Crippen LogP) is 3.10. The molecule has 0 radical (unpaired) electrons. The van der Waals surface area contributed by atoms with Crippen LogP contribution in [0.1, 0.15) is 29.3 Å².